The molecule has 176 valence electrons. The van der Waals surface area contributed by atoms with Crippen molar-refractivity contribution in [2.45, 2.75) is 57.6 Å². The van der Waals surface area contributed by atoms with Crippen molar-refractivity contribution in [3.05, 3.63) is 41.8 Å². The molecule has 2 N–H and O–H groups in total. The fourth-order valence-electron chi connectivity index (χ4n) is 5.08. The quantitative estimate of drug-likeness (QED) is 0.473. The molecule has 1 saturated carbocycles. The van der Waals surface area contributed by atoms with Gasteiger partial charge in [-0.1, -0.05) is 0 Å². The van der Waals surface area contributed by atoms with Crippen LogP contribution in [0.1, 0.15) is 44.2 Å². The summed E-state index contributed by atoms with van der Waals surface area (Å²) in [7, 11) is 0. The highest BCUT2D eigenvalue weighted by atomic mass is 19.1. The average molecular weight is 462 g/mol. The summed E-state index contributed by atoms with van der Waals surface area (Å²) in [5.74, 6) is 1.49. The van der Waals surface area contributed by atoms with Crippen molar-refractivity contribution in [3.63, 3.8) is 0 Å². The Balaban J connectivity index is 1.44. The van der Waals surface area contributed by atoms with Crippen molar-refractivity contribution < 1.29 is 9.50 Å². The van der Waals surface area contributed by atoms with Crippen molar-refractivity contribution >= 4 is 28.3 Å². The van der Waals surface area contributed by atoms with Crippen molar-refractivity contribution in [1.29, 1.82) is 0 Å². The number of fused-ring (bicyclic) bond motifs is 2. The first-order valence-electron chi connectivity index (χ1n) is 12.1. The van der Waals surface area contributed by atoms with Gasteiger partial charge in [-0.15, -0.1) is 0 Å². The Morgan fingerprint density at radius 3 is 2.56 bits per heavy atom. The third-order valence-electron chi connectivity index (χ3n) is 6.94. The molecule has 0 spiro atoms. The average Bonchev–Trinajstić information content (AvgIpc) is 3.50. The molecule has 0 atom stereocenters. The van der Waals surface area contributed by atoms with Gasteiger partial charge in [0.25, 0.3) is 0 Å². The SMILES string of the molecule is Cc1nc2ccc(F)cc2nc1-c1cc2nc(N3CCCC3)cc(N[C@H]3CC[C@H](O)CC3)n2n1. The second-order valence-corrected chi connectivity index (χ2v) is 9.43. The van der Waals surface area contributed by atoms with Crippen molar-refractivity contribution in [1.82, 2.24) is 24.6 Å². The minimum atomic E-state index is -0.340. The summed E-state index contributed by atoms with van der Waals surface area (Å²) in [6.45, 7) is 3.89. The largest absolute Gasteiger partial charge is 0.393 e. The Morgan fingerprint density at radius 1 is 0.971 bits per heavy atom. The zero-order valence-corrected chi connectivity index (χ0v) is 19.2. The van der Waals surface area contributed by atoms with Gasteiger partial charge in [0.1, 0.15) is 28.8 Å². The number of nitrogens with one attached hydrogen (secondary N) is 1. The molecule has 8 nitrogen and oxygen atoms in total. The lowest BCUT2D eigenvalue weighted by Gasteiger charge is -2.27. The number of nitrogens with zero attached hydrogens (tertiary/aromatic N) is 6. The van der Waals surface area contributed by atoms with Gasteiger partial charge >= 0.3 is 0 Å². The summed E-state index contributed by atoms with van der Waals surface area (Å²) < 4.78 is 15.6. The van der Waals surface area contributed by atoms with Crippen LogP contribution in [0.15, 0.2) is 30.3 Å². The Kier molecular flexibility index (Phi) is 5.28. The number of aliphatic hydroxyl groups excluding tert-OH is 1. The maximum absolute atomic E-state index is 13.8. The number of hydrogen-bond donors (Lipinski definition) is 2. The van der Waals surface area contributed by atoms with E-state index in [0.29, 0.717) is 22.4 Å². The number of aromatic nitrogens is 5. The lowest BCUT2D eigenvalue weighted by molar-refractivity contribution is 0.126. The molecule has 1 saturated heterocycles. The van der Waals surface area contributed by atoms with Crippen LogP contribution in [0.4, 0.5) is 16.0 Å². The predicted octanol–water partition coefficient (Wildman–Crippen LogP) is 4.10. The van der Waals surface area contributed by atoms with Crippen LogP contribution in [0.2, 0.25) is 0 Å². The minimum Gasteiger partial charge on any atom is -0.393 e. The lowest BCUT2D eigenvalue weighted by atomic mass is 9.93. The Morgan fingerprint density at radius 2 is 1.76 bits per heavy atom. The number of halogens is 1. The summed E-state index contributed by atoms with van der Waals surface area (Å²) >= 11 is 0. The van der Waals surface area contributed by atoms with E-state index in [1.807, 2.05) is 17.5 Å². The van der Waals surface area contributed by atoms with Gasteiger partial charge in [0.05, 0.1) is 22.8 Å². The third-order valence-corrected chi connectivity index (χ3v) is 6.94. The van der Waals surface area contributed by atoms with E-state index < -0.39 is 0 Å². The Hall–Kier alpha value is -3.33. The van der Waals surface area contributed by atoms with E-state index in [-0.39, 0.29) is 18.0 Å². The van der Waals surface area contributed by atoms with Crippen molar-refractivity contribution in [2.24, 2.45) is 0 Å². The fourth-order valence-corrected chi connectivity index (χ4v) is 5.08. The number of aryl methyl sites for hydroxylation is 1. The molecule has 0 radical (unpaired) electrons. The lowest BCUT2D eigenvalue weighted by Crippen LogP contribution is -2.29. The number of hydrogen-bond acceptors (Lipinski definition) is 7. The number of benzene rings is 1. The van der Waals surface area contributed by atoms with E-state index >= 15 is 0 Å². The van der Waals surface area contributed by atoms with Crippen LogP contribution in [0.25, 0.3) is 28.1 Å². The second-order valence-electron chi connectivity index (χ2n) is 9.43. The van der Waals surface area contributed by atoms with Crippen LogP contribution in [0, 0.1) is 12.7 Å². The Labute approximate surface area is 196 Å². The molecule has 2 fully saturated rings. The maximum atomic E-state index is 13.8. The monoisotopic (exact) mass is 461 g/mol. The summed E-state index contributed by atoms with van der Waals surface area (Å²) in [6, 6.07) is 8.72. The van der Waals surface area contributed by atoms with Gasteiger partial charge in [0, 0.05) is 37.3 Å². The van der Waals surface area contributed by atoms with Crippen LogP contribution < -0.4 is 10.2 Å². The second kappa shape index (κ2) is 8.47. The van der Waals surface area contributed by atoms with Gasteiger partial charge in [0.2, 0.25) is 0 Å². The molecule has 0 amide bonds. The minimum absolute atomic E-state index is 0.203. The molecule has 1 aliphatic heterocycles. The summed E-state index contributed by atoms with van der Waals surface area (Å²) in [5.41, 5.74) is 3.91. The van der Waals surface area contributed by atoms with E-state index in [2.05, 4.69) is 26.3 Å². The van der Waals surface area contributed by atoms with Crippen molar-refractivity contribution in [2.75, 3.05) is 23.3 Å². The highest BCUT2D eigenvalue weighted by Crippen LogP contribution is 2.29. The molecule has 9 heteroatoms. The predicted molar refractivity (Wildman–Crippen MR) is 130 cm³/mol. The number of aliphatic hydroxyl groups is 1. The molecular weight excluding hydrogens is 433 g/mol. The third kappa shape index (κ3) is 3.94. The van der Waals surface area contributed by atoms with Crippen LogP contribution >= 0.6 is 0 Å². The molecular formula is C25H28FN7O. The van der Waals surface area contributed by atoms with Gasteiger partial charge in [-0.25, -0.2) is 19.3 Å². The highest BCUT2D eigenvalue weighted by molar-refractivity contribution is 5.78. The summed E-state index contributed by atoms with van der Waals surface area (Å²) in [5, 5.41) is 18.4. The normalized spacial score (nSPS) is 21.0. The van der Waals surface area contributed by atoms with Gasteiger partial charge in [-0.2, -0.15) is 9.61 Å². The zero-order valence-electron chi connectivity index (χ0n) is 19.2. The standard InChI is InChI=1S/C25H28FN7O/c1-15-25(29-20-12-16(26)4-9-19(20)27-15)21-13-23-30-22(32-10-2-3-11-32)14-24(33(23)31-21)28-17-5-7-18(34)8-6-17/h4,9,12-14,17-18,28,34H,2-3,5-8,10-11H2,1H3/t17-,18-. The van der Waals surface area contributed by atoms with E-state index in [1.54, 1.807) is 6.07 Å². The smallest absolute Gasteiger partial charge is 0.160 e. The molecule has 1 aliphatic carbocycles. The van der Waals surface area contributed by atoms with E-state index in [9.17, 15) is 9.50 Å². The highest BCUT2D eigenvalue weighted by Gasteiger charge is 2.23. The fraction of sp³-hybridized carbons (Fsp3) is 0.440. The molecule has 0 bridgehead atoms. The molecule has 4 aromatic rings. The molecule has 34 heavy (non-hydrogen) atoms. The van der Waals surface area contributed by atoms with Crippen LogP contribution in [-0.4, -0.2) is 54.9 Å². The van der Waals surface area contributed by atoms with Gasteiger partial charge in [-0.05, 0) is 57.6 Å². The van der Waals surface area contributed by atoms with Gasteiger partial charge < -0.3 is 15.3 Å². The molecule has 0 unspecified atom stereocenters. The molecule has 2 aliphatic rings. The van der Waals surface area contributed by atoms with Gasteiger partial charge in [-0.3, -0.25) is 0 Å². The topological polar surface area (TPSA) is 91.5 Å². The first-order chi connectivity index (χ1) is 16.5. The molecule has 4 heterocycles. The molecule has 1 aromatic carbocycles. The summed E-state index contributed by atoms with van der Waals surface area (Å²) in [4.78, 5) is 16.5. The first kappa shape index (κ1) is 21.2. The summed E-state index contributed by atoms with van der Waals surface area (Å²) in [6.07, 6.45) is 5.57. The van der Waals surface area contributed by atoms with E-state index in [0.717, 1.165) is 61.7 Å². The van der Waals surface area contributed by atoms with Crippen LogP contribution in [-0.2, 0) is 0 Å². The molecule has 3 aromatic heterocycles. The van der Waals surface area contributed by atoms with Crippen LogP contribution in [0.3, 0.4) is 0 Å². The van der Waals surface area contributed by atoms with E-state index in [4.69, 9.17) is 10.1 Å². The molecule has 6 rings (SSSR count). The van der Waals surface area contributed by atoms with E-state index in [1.165, 1.54) is 25.0 Å². The van der Waals surface area contributed by atoms with Gasteiger partial charge in [0.15, 0.2) is 5.65 Å². The van der Waals surface area contributed by atoms with Crippen LogP contribution in [0.5, 0.6) is 0 Å². The maximum Gasteiger partial charge on any atom is 0.160 e. The Bertz CT molecular complexity index is 1360. The number of anilines is 2. The number of rotatable bonds is 4. The van der Waals surface area contributed by atoms with Crippen molar-refractivity contribution in [3.8, 4) is 11.4 Å². The zero-order chi connectivity index (χ0) is 23.2. The first-order valence-corrected chi connectivity index (χ1v) is 12.1.